The fourth-order valence-corrected chi connectivity index (χ4v) is 1.95. The van der Waals surface area contributed by atoms with Crippen molar-refractivity contribution in [3.05, 3.63) is 52.4 Å². The Hall–Kier alpha value is -2.14. The number of halogens is 2. The summed E-state index contributed by atoms with van der Waals surface area (Å²) in [6.45, 7) is 1.75. The SMILES string of the molecule is CNc1cc(C(=O)Nc2cc(C)cc(F)c2)c(Cl)cn1. The van der Waals surface area contributed by atoms with Crippen molar-refractivity contribution in [2.24, 2.45) is 0 Å². The van der Waals surface area contributed by atoms with Crippen LogP contribution < -0.4 is 10.6 Å². The van der Waals surface area contributed by atoms with Gasteiger partial charge >= 0.3 is 0 Å². The van der Waals surface area contributed by atoms with E-state index in [1.165, 1.54) is 24.4 Å². The van der Waals surface area contributed by atoms with Crippen molar-refractivity contribution in [1.82, 2.24) is 4.98 Å². The molecular weight excluding hydrogens is 281 g/mol. The summed E-state index contributed by atoms with van der Waals surface area (Å²) in [5.74, 6) is -0.300. The molecule has 0 unspecified atom stereocenters. The molecule has 104 valence electrons. The molecule has 0 aliphatic rings. The third kappa shape index (κ3) is 3.24. The molecule has 1 heterocycles. The lowest BCUT2D eigenvalue weighted by atomic mass is 10.2. The minimum absolute atomic E-state index is 0.231. The number of amides is 1. The highest BCUT2D eigenvalue weighted by molar-refractivity contribution is 6.34. The van der Waals surface area contributed by atoms with Crippen LogP contribution in [0.2, 0.25) is 5.02 Å². The number of nitrogens with one attached hydrogen (secondary N) is 2. The summed E-state index contributed by atoms with van der Waals surface area (Å²) in [7, 11) is 1.69. The van der Waals surface area contributed by atoms with Crippen molar-refractivity contribution in [2.75, 3.05) is 17.7 Å². The number of carbonyl (C=O) groups excluding carboxylic acids is 1. The first-order valence-electron chi connectivity index (χ1n) is 5.91. The van der Waals surface area contributed by atoms with Crippen LogP contribution in [0, 0.1) is 12.7 Å². The van der Waals surface area contributed by atoms with Crippen LogP contribution in [0.4, 0.5) is 15.9 Å². The number of carbonyl (C=O) groups is 1. The molecule has 0 saturated carbocycles. The molecule has 2 N–H and O–H groups in total. The molecule has 0 fully saturated rings. The lowest BCUT2D eigenvalue weighted by Gasteiger charge is -2.09. The molecule has 0 spiro atoms. The maximum atomic E-state index is 13.3. The van der Waals surface area contributed by atoms with E-state index in [0.29, 0.717) is 11.5 Å². The highest BCUT2D eigenvalue weighted by atomic mass is 35.5. The van der Waals surface area contributed by atoms with Crippen LogP contribution >= 0.6 is 11.6 Å². The molecule has 4 nitrogen and oxygen atoms in total. The Bertz CT molecular complexity index is 641. The average Bonchev–Trinajstić information content (AvgIpc) is 2.37. The fourth-order valence-electron chi connectivity index (χ4n) is 1.76. The molecule has 0 aliphatic heterocycles. The summed E-state index contributed by atoms with van der Waals surface area (Å²) in [5.41, 5.74) is 1.37. The number of nitrogens with zero attached hydrogens (tertiary/aromatic N) is 1. The Labute approximate surface area is 121 Å². The van der Waals surface area contributed by atoms with Crippen molar-refractivity contribution < 1.29 is 9.18 Å². The molecule has 2 rings (SSSR count). The quantitative estimate of drug-likeness (QED) is 0.911. The lowest BCUT2D eigenvalue weighted by molar-refractivity contribution is 0.102. The van der Waals surface area contributed by atoms with E-state index in [1.807, 2.05) is 0 Å². The Morgan fingerprint density at radius 2 is 2.05 bits per heavy atom. The van der Waals surface area contributed by atoms with Crippen LogP contribution in [0.3, 0.4) is 0 Å². The van der Waals surface area contributed by atoms with E-state index >= 15 is 0 Å². The standard InChI is InChI=1S/C14H13ClFN3O/c1-8-3-9(16)5-10(4-8)19-14(20)11-6-13(17-2)18-7-12(11)15/h3-7H,1-2H3,(H,17,18)(H,19,20). The van der Waals surface area contributed by atoms with Gasteiger partial charge in [-0.2, -0.15) is 0 Å². The number of hydrogen-bond donors (Lipinski definition) is 2. The van der Waals surface area contributed by atoms with Gasteiger partial charge in [0.15, 0.2) is 0 Å². The van der Waals surface area contributed by atoms with Gasteiger partial charge in [-0.15, -0.1) is 0 Å². The van der Waals surface area contributed by atoms with Crippen molar-refractivity contribution >= 4 is 29.0 Å². The fraction of sp³-hybridized carbons (Fsp3) is 0.143. The van der Waals surface area contributed by atoms with Gasteiger partial charge in [0.2, 0.25) is 0 Å². The van der Waals surface area contributed by atoms with Crippen LogP contribution in [-0.4, -0.2) is 17.9 Å². The van der Waals surface area contributed by atoms with E-state index in [2.05, 4.69) is 15.6 Å². The van der Waals surface area contributed by atoms with E-state index in [0.717, 1.165) is 5.56 Å². The smallest absolute Gasteiger partial charge is 0.257 e. The first-order chi connectivity index (χ1) is 9.49. The summed E-state index contributed by atoms with van der Waals surface area (Å²) in [6, 6.07) is 5.84. The van der Waals surface area contributed by atoms with E-state index < -0.39 is 11.7 Å². The van der Waals surface area contributed by atoms with Gasteiger partial charge < -0.3 is 10.6 Å². The minimum Gasteiger partial charge on any atom is -0.373 e. The average molecular weight is 294 g/mol. The van der Waals surface area contributed by atoms with Gasteiger partial charge in [-0.1, -0.05) is 11.6 Å². The molecule has 0 saturated heterocycles. The second-order valence-electron chi connectivity index (χ2n) is 4.27. The van der Waals surface area contributed by atoms with Gasteiger partial charge in [-0.05, 0) is 36.8 Å². The predicted octanol–water partition coefficient (Wildman–Crippen LogP) is 3.48. The highest BCUT2D eigenvalue weighted by Gasteiger charge is 2.12. The summed E-state index contributed by atoms with van der Waals surface area (Å²) in [5, 5.41) is 5.67. The van der Waals surface area contributed by atoms with Crippen molar-refractivity contribution in [2.45, 2.75) is 6.92 Å². The predicted molar refractivity (Wildman–Crippen MR) is 77.9 cm³/mol. The molecule has 1 aromatic carbocycles. The molecular formula is C14H13ClFN3O. The maximum Gasteiger partial charge on any atom is 0.257 e. The third-order valence-corrected chi connectivity index (χ3v) is 2.96. The van der Waals surface area contributed by atoms with Crippen LogP contribution in [0.25, 0.3) is 0 Å². The topological polar surface area (TPSA) is 54.0 Å². The highest BCUT2D eigenvalue weighted by Crippen LogP contribution is 2.20. The van der Waals surface area contributed by atoms with Crippen molar-refractivity contribution in [3.8, 4) is 0 Å². The normalized spacial score (nSPS) is 10.2. The van der Waals surface area contributed by atoms with Crippen LogP contribution in [0.5, 0.6) is 0 Å². The Balaban J connectivity index is 2.27. The van der Waals surface area contributed by atoms with Gasteiger partial charge in [-0.3, -0.25) is 4.79 Å². The molecule has 6 heteroatoms. The molecule has 0 bridgehead atoms. The second-order valence-corrected chi connectivity index (χ2v) is 4.68. The van der Waals surface area contributed by atoms with E-state index in [-0.39, 0.29) is 10.6 Å². The Morgan fingerprint density at radius 1 is 1.30 bits per heavy atom. The van der Waals surface area contributed by atoms with Gasteiger partial charge in [0.05, 0.1) is 10.6 Å². The lowest BCUT2D eigenvalue weighted by Crippen LogP contribution is -2.13. The van der Waals surface area contributed by atoms with Gasteiger partial charge in [-0.25, -0.2) is 9.37 Å². The monoisotopic (exact) mass is 293 g/mol. The number of aryl methyl sites for hydroxylation is 1. The minimum atomic E-state index is -0.418. The molecule has 1 amide bonds. The van der Waals surface area contributed by atoms with Gasteiger partial charge in [0.25, 0.3) is 5.91 Å². The molecule has 0 aliphatic carbocycles. The first kappa shape index (κ1) is 14.3. The van der Waals surface area contributed by atoms with Gasteiger partial charge in [0, 0.05) is 18.9 Å². The maximum absolute atomic E-state index is 13.3. The zero-order chi connectivity index (χ0) is 14.7. The molecule has 20 heavy (non-hydrogen) atoms. The molecule has 0 atom stereocenters. The molecule has 2 aromatic rings. The second kappa shape index (κ2) is 5.88. The zero-order valence-electron chi connectivity index (χ0n) is 11.0. The van der Waals surface area contributed by atoms with E-state index in [9.17, 15) is 9.18 Å². The molecule has 1 aromatic heterocycles. The number of rotatable bonds is 3. The van der Waals surface area contributed by atoms with Gasteiger partial charge in [0.1, 0.15) is 11.6 Å². The summed E-state index contributed by atoms with van der Waals surface area (Å²) in [6.07, 6.45) is 1.39. The van der Waals surface area contributed by atoms with Crippen molar-refractivity contribution in [3.63, 3.8) is 0 Å². The third-order valence-electron chi connectivity index (χ3n) is 2.66. The zero-order valence-corrected chi connectivity index (χ0v) is 11.8. The van der Waals surface area contributed by atoms with Crippen LogP contribution in [0.15, 0.2) is 30.5 Å². The summed E-state index contributed by atoms with van der Waals surface area (Å²) in [4.78, 5) is 16.1. The van der Waals surface area contributed by atoms with Crippen LogP contribution in [-0.2, 0) is 0 Å². The Morgan fingerprint density at radius 3 is 2.70 bits per heavy atom. The van der Waals surface area contributed by atoms with E-state index in [4.69, 9.17) is 11.6 Å². The number of aromatic nitrogens is 1. The molecule has 0 radical (unpaired) electrons. The van der Waals surface area contributed by atoms with E-state index in [1.54, 1.807) is 20.0 Å². The van der Waals surface area contributed by atoms with Crippen LogP contribution in [0.1, 0.15) is 15.9 Å². The Kier molecular flexibility index (Phi) is 4.20. The number of pyridine rings is 1. The summed E-state index contributed by atoms with van der Waals surface area (Å²) >= 11 is 5.95. The van der Waals surface area contributed by atoms with Crippen molar-refractivity contribution in [1.29, 1.82) is 0 Å². The number of hydrogen-bond acceptors (Lipinski definition) is 3. The number of benzene rings is 1. The largest absolute Gasteiger partial charge is 0.373 e. The first-order valence-corrected chi connectivity index (χ1v) is 6.29. The number of anilines is 2. The summed E-state index contributed by atoms with van der Waals surface area (Å²) < 4.78 is 13.3.